The molecule has 1 heterocycles. The zero-order valence-corrected chi connectivity index (χ0v) is 15.3. The molecule has 0 aliphatic heterocycles. The van der Waals surface area contributed by atoms with Crippen LogP contribution in [-0.4, -0.2) is 26.8 Å². The number of thioether (sulfide) groups is 1. The maximum absolute atomic E-state index is 12.0. The summed E-state index contributed by atoms with van der Waals surface area (Å²) in [5.74, 6) is 0.909. The predicted molar refractivity (Wildman–Crippen MR) is 106 cm³/mol. The molecule has 2 aromatic carbocycles. The second-order valence-electron chi connectivity index (χ2n) is 5.74. The number of benzene rings is 2. The molecule has 6 heteroatoms. The van der Waals surface area contributed by atoms with Gasteiger partial charge in [0.05, 0.1) is 5.75 Å². The Bertz CT molecular complexity index is 890. The van der Waals surface area contributed by atoms with Crippen molar-refractivity contribution in [3.05, 3.63) is 77.1 Å². The van der Waals surface area contributed by atoms with E-state index in [2.05, 4.69) is 20.5 Å². The fraction of sp³-hybridized carbons (Fsp3) is 0.150. The molecule has 132 valence electrons. The number of aromatic amines is 1. The monoisotopic (exact) mass is 364 g/mol. The number of aromatic nitrogens is 3. The first-order valence-corrected chi connectivity index (χ1v) is 9.29. The molecule has 0 spiro atoms. The standard InChI is InChI=1S/C20H20N4OS/c1-15-7-5-6-10-17(15)13-21-19(25)14-26-20-22-18(23-24-20)12-11-16-8-3-2-4-9-16/h2-12H,13-14H2,1H3,(H,21,25)(H,22,23,24)/b12-11+. The minimum atomic E-state index is -0.0376. The molecule has 26 heavy (non-hydrogen) atoms. The van der Waals surface area contributed by atoms with Gasteiger partial charge in [-0.05, 0) is 29.7 Å². The Balaban J connectivity index is 1.46. The number of hydrogen-bond acceptors (Lipinski definition) is 4. The van der Waals surface area contributed by atoms with E-state index in [9.17, 15) is 4.79 Å². The van der Waals surface area contributed by atoms with Crippen molar-refractivity contribution in [3.63, 3.8) is 0 Å². The van der Waals surface area contributed by atoms with Gasteiger partial charge in [-0.15, -0.1) is 5.10 Å². The van der Waals surface area contributed by atoms with E-state index in [-0.39, 0.29) is 11.7 Å². The van der Waals surface area contributed by atoms with Crippen LogP contribution in [0.15, 0.2) is 59.8 Å². The van der Waals surface area contributed by atoms with Crippen LogP contribution in [0.5, 0.6) is 0 Å². The summed E-state index contributed by atoms with van der Waals surface area (Å²) in [5, 5.41) is 10.5. The number of aryl methyl sites for hydroxylation is 1. The first-order chi connectivity index (χ1) is 12.7. The van der Waals surface area contributed by atoms with Crippen molar-refractivity contribution in [2.45, 2.75) is 18.6 Å². The molecule has 0 bridgehead atoms. The molecule has 2 N–H and O–H groups in total. The molecule has 1 aromatic heterocycles. The Morgan fingerprint density at radius 2 is 1.88 bits per heavy atom. The molecular weight excluding hydrogens is 344 g/mol. The summed E-state index contributed by atoms with van der Waals surface area (Å²) in [5.41, 5.74) is 3.38. The Morgan fingerprint density at radius 1 is 1.12 bits per heavy atom. The van der Waals surface area contributed by atoms with Gasteiger partial charge in [-0.1, -0.05) is 72.4 Å². The van der Waals surface area contributed by atoms with Gasteiger partial charge >= 0.3 is 0 Å². The SMILES string of the molecule is Cc1ccccc1CNC(=O)CSc1n[nH]c(/C=C/c2ccccc2)n1. The van der Waals surface area contributed by atoms with Gasteiger partial charge in [0.1, 0.15) is 5.82 Å². The lowest BCUT2D eigenvalue weighted by atomic mass is 10.1. The van der Waals surface area contributed by atoms with Crippen LogP contribution in [0.4, 0.5) is 0 Å². The van der Waals surface area contributed by atoms with Gasteiger partial charge in [0.2, 0.25) is 11.1 Å². The normalized spacial score (nSPS) is 11.0. The fourth-order valence-corrected chi connectivity index (χ4v) is 2.96. The van der Waals surface area contributed by atoms with E-state index in [0.717, 1.165) is 11.1 Å². The van der Waals surface area contributed by atoms with Crippen LogP contribution in [0.3, 0.4) is 0 Å². The minimum absolute atomic E-state index is 0.0376. The van der Waals surface area contributed by atoms with Gasteiger partial charge in [-0.3, -0.25) is 9.89 Å². The lowest BCUT2D eigenvalue weighted by molar-refractivity contribution is -0.118. The molecule has 5 nitrogen and oxygen atoms in total. The van der Waals surface area contributed by atoms with Crippen LogP contribution in [0.1, 0.15) is 22.5 Å². The third-order valence-electron chi connectivity index (χ3n) is 3.79. The highest BCUT2D eigenvalue weighted by Crippen LogP contribution is 2.13. The quantitative estimate of drug-likeness (QED) is 0.627. The summed E-state index contributed by atoms with van der Waals surface area (Å²) in [6, 6.07) is 18.0. The summed E-state index contributed by atoms with van der Waals surface area (Å²) in [7, 11) is 0. The number of carbonyl (C=O) groups excluding carboxylic acids is 1. The summed E-state index contributed by atoms with van der Waals surface area (Å²) >= 11 is 1.31. The van der Waals surface area contributed by atoms with Crippen molar-refractivity contribution in [1.29, 1.82) is 0 Å². The number of amides is 1. The number of H-pyrrole nitrogens is 1. The zero-order chi connectivity index (χ0) is 18.2. The van der Waals surface area contributed by atoms with Crippen molar-refractivity contribution in [2.75, 3.05) is 5.75 Å². The van der Waals surface area contributed by atoms with E-state index in [1.54, 1.807) is 0 Å². The van der Waals surface area contributed by atoms with Crippen LogP contribution in [-0.2, 0) is 11.3 Å². The van der Waals surface area contributed by atoms with Crippen molar-refractivity contribution in [2.24, 2.45) is 0 Å². The van der Waals surface area contributed by atoms with Crippen molar-refractivity contribution in [1.82, 2.24) is 20.5 Å². The topological polar surface area (TPSA) is 70.7 Å². The Kier molecular flexibility index (Phi) is 6.22. The molecule has 0 saturated carbocycles. The molecule has 3 rings (SSSR count). The van der Waals surface area contributed by atoms with Crippen LogP contribution >= 0.6 is 11.8 Å². The van der Waals surface area contributed by atoms with Crippen LogP contribution < -0.4 is 5.32 Å². The van der Waals surface area contributed by atoms with Crippen LogP contribution in [0.2, 0.25) is 0 Å². The Labute approximate surface area is 156 Å². The Hall–Kier alpha value is -2.86. The maximum atomic E-state index is 12.0. The maximum Gasteiger partial charge on any atom is 0.230 e. The van der Waals surface area contributed by atoms with Gasteiger partial charge in [0, 0.05) is 6.54 Å². The highest BCUT2D eigenvalue weighted by Gasteiger charge is 2.07. The first kappa shape index (κ1) is 17.9. The van der Waals surface area contributed by atoms with E-state index in [1.807, 2.05) is 73.7 Å². The zero-order valence-electron chi connectivity index (χ0n) is 14.5. The number of rotatable bonds is 7. The molecule has 0 aliphatic carbocycles. The highest BCUT2D eigenvalue weighted by molar-refractivity contribution is 7.99. The lowest BCUT2D eigenvalue weighted by Gasteiger charge is -2.06. The molecular formula is C20H20N4OS. The molecule has 0 radical (unpaired) electrons. The van der Waals surface area contributed by atoms with Crippen LogP contribution in [0, 0.1) is 6.92 Å². The van der Waals surface area contributed by atoms with Crippen molar-refractivity contribution < 1.29 is 4.79 Å². The van der Waals surface area contributed by atoms with E-state index >= 15 is 0 Å². The first-order valence-electron chi connectivity index (χ1n) is 8.30. The van der Waals surface area contributed by atoms with Gasteiger partial charge in [0.15, 0.2) is 0 Å². The van der Waals surface area contributed by atoms with E-state index in [0.29, 0.717) is 17.5 Å². The average Bonchev–Trinajstić information content (AvgIpc) is 3.13. The number of nitrogens with one attached hydrogen (secondary N) is 2. The van der Waals surface area contributed by atoms with Crippen LogP contribution in [0.25, 0.3) is 12.2 Å². The average molecular weight is 364 g/mol. The second-order valence-corrected chi connectivity index (χ2v) is 6.68. The summed E-state index contributed by atoms with van der Waals surface area (Å²) in [6.07, 6.45) is 3.83. The number of nitrogens with zero attached hydrogens (tertiary/aromatic N) is 2. The highest BCUT2D eigenvalue weighted by atomic mass is 32.2. The number of hydrogen-bond donors (Lipinski definition) is 2. The van der Waals surface area contributed by atoms with E-state index < -0.39 is 0 Å². The lowest BCUT2D eigenvalue weighted by Crippen LogP contribution is -2.24. The summed E-state index contributed by atoms with van der Waals surface area (Å²) in [4.78, 5) is 16.4. The minimum Gasteiger partial charge on any atom is -0.351 e. The Morgan fingerprint density at radius 3 is 2.69 bits per heavy atom. The van der Waals surface area contributed by atoms with Gasteiger partial charge in [-0.25, -0.2) is 4.98 Å². The molecule has 0 saturated heterocycles. The van der Waals surface area contributed by atoms with Gasteiger partial charge in [0.25, 0.3) is 0 Å². The number of carbonyl (C=O) groups is 1. The largest absolute Gasteiger partial charge is 0.351 e. The van der Waals surface area contributed by atoms with Crippen molar-refractivity contribution in [3.8, 4) is 0 Å². The molecule has 0 atom stereocenters. The van der Waals surface area contributed by atoms with Gasteiger partial charge < -0.3 is 5.32 Å². The van der Waals surface area contributed by atoms with Crippen molar-refractivity contribution >= 4 is 29.8 Å². The van der Waals surface area contributed by atoms with Gasteiger partial charge in [-0.2, -0.15) is 0 Å². The summed E-state index contributed by atoms with van der Waals surface area (Å²) in [6.45, 7) is 2.57. The summed E-state index contributed by atoms with van der Waals surface area (Å²) < 4.78 is 0. The molecule has 1 amide bonds. The molecule has 0 aliphatic rings. The predicted octanol–water partition coefficient (Wildman–Crippen LogP) is 3.69. The second kappa shape index (κ2) is 9.01. The molecule has 0 unspecified atom stereocenters. The fourth-order valence-electron chi connectivity index (χ4n) is 2.32. The third kappa shape index (κ3) is 5.32. The van der Waals surface area contributed by atoms with E-state index in [1.165, 1.54) is 17.3 Å². The van der Waals surface area contributed by atoms with E-state index in [4.69, 9.17) is 0 Å². The third-order valence-corrected chi connectivity index (χ3v) is 4.63. The smallest absolute Gasteiger partial charge is 0.230 e. The molecule has 0 fully saturated rings. The molecule has 3 aromatic rings.